The Labute approximate surface area is 183 Å². The van der Waals surface area contributed by atoms with Crippen LogP contribution in [0.1, 0.15) is 48.6 Å². The van der Waals surface area contributed by atoms with Gasteiger partial charge < -0.3 is 19.9 Å². The van der Waals surface area contributed by atoms with Crippen molar-refractivity contribution in [3.05, 3.63) is 77.4 Å². The fraction of sp³-hybridized carbons (Fsp3) is 0.333. The molecule has 6 heteroatoms. The van der Waals surface area contributed by atoms with Crippen LogP contribution in [0.4, 0.5) is 0 Å². The lowest BCUT2D eigenvalue weighted by atomic mass is 9.96. The summed E-state index contributed by atoms with van der Waals surface area (Å²) in [7, 11) is 0. The molecule has 0 radical (unpaired) electrons. The number of aryl methyl sites for hydroxylation is 1. The highest BCUT2D eigenvalue weighted by Gasteiger charge is 2.41. The quantitative estimate of drug-likeness (QED) is 0.580. The van der Waals surface area contributed by atoms with Gasteiger partial charge in [-0.15, -0.1) is 0 Å². The van der Waals surface area contributed by atoms with E-state index in [2.05, 4.69) is 53.5 Å². The summed E-state index contributed by atoms with van der Waals surface area (Å²) in [6, 6.07) is 15.7. The maximum Gasteiger partial charge on any atom is 0.170 e. The van der Waals surface area contributed by atoms with Crippen LogP contribution in [0.15, 0.2) is 54.7 Å². The van der Waals surface area contributed by atoms with Gasteiger partial charge in [0, 0.05) is 24.1 Å². The first-order valence-electron chi connectivity index (χ1n) is 10.3. The molecule has 2 aromatic heterocycles. The molecule has 30 heavy (non-hydrogen) atoms. The molecule has 1 saturated heterocycles. The Morgan fingerprint density at radius 2 is 1.87 bits per heavy atom. The molecule has 0 saturated carbocycles. The molecule has 0 unspecified atom stereocenters. The number of hydrogen-bond acceptors (Lipinski definition) is 3. The van der Waals surface area contributed by atoms with Gasteiger partial charge >= 0.3 is 0 Å². The van der Waals surface area contributed by atoms with Crippen LogP contribution in [0.3, 0.4) is 0 Å². The first-order chi connectivity index (χ1) is 14.4. The number of hydrogen-bond donors (Lipinski definition) is 2. The average Bonchev–Trinajstić information content (AvgIpc) is 3.18. The number of nitrogens with zero attached hydrogens (tertiary/aromatic N) is 3. The number of pyridine rings is 1. The number of para-hydroxylation sites is 2. The van der Waals surface area contributed by atoms with Gasteiger partial charge in [-0.05, 0) is 67.9 Å². The summed E-state index contributed by atoms with van der Waals surface area (Å²) in [4.78, 5) is 6.91. The van der Waals surface area contributed by atoms with E-state index in [1.807, 2.05) is 42.6 Å². The summed E-state index contributed by atoms with van der Waals surface area (Å²) in [5, 5.41) is 14.7. The molecule has 5 nitrogen and oxygen atoms in total. The molecule has 1 aliphatic heterocycles. The fourth-order valence-corrected chi connectivity index (χ4v) is 4.76. The molecular weight excluding hydrogens is 392 g/mol. The minimum absolute atomic E-state index is 0.0283. The second-order valence-corrected chi connectivity index (χ2v) is 8.71. The van der Waals surface area contributed by atoms with Gasteiger partial charge in [0.1, 0.15) is 5.75 Å². The Hall–Kier alpha value is -2.86. The minimum atomic E-state index is -0.0317. The highest BCUT2D eigenvalue weighted by Crippen LogP contribution is 2.42. The second kappa shape index (κ2) is 8.11. The fourth-order valence-electron chi connectivity index (χ4n) is 4.45. The van der Waals surface area contributed by atoms with E-state index < -0.39 is 0 Å². The smallest absolute Gasteiger partial charge is 0.170 e. The molecule has 2 atom stereocenters. The van der Waals surface area contributed by atoms with Gasteiger partial charge in [0.25, 0.3) is 0 Å². The normalized spacial score (nSPS) is 18.8. The Morgan fingerprint density at radius 1 is 1.13 bits per heavy atom. The largest absolute Gasteiger partial charge is 0.506 e. The van der Waals surface area contributed by atoms with Crippen molar-refractivity contribution in [2.45, 2.75) is 39.8 Å². The molecule has 4 rings (SSSR count). The third-order valence-electron chi connectivity index (χ3n) is 5.67. The predicted octanol–water partition coefficient (Wildman–Crippen LogP) is 4.82. The van der Waals surface area contributed by atoms with Gasteiger partial charge in [0.05, 0.1) is 23.5 Å². The zero-order valence-electron chi connectivity index (χ0n) is 17.8. The van der Waals surface area contributed by atoms with Crippen molar-refractivity contribution in [3.8, 4) is 11.4 Å². The highest BCUT2D eigenvalue weighted by molar-refractivity contribution is 7.80. The number of rotatable bonds is 5. The number of aromatic nitrogens is 2. The minimum Gasteiger partial charge on any atom is -0.506 e. The van der Waals surface area contributed by atoms with Gasteiger partial charge in [-0.3, -0.25) is 4.98 Å². The van der Waals surface area contributed by atoms with Crippen LogP contribution in [-0.2, 0) is 0 Å². The molecule has 1 fully saturated rings. The first kappa shape index (κ1) is 20.4. The van der Waals surface area contributed by atoms with Crippen LogP contribution in [0.2, 0.25) is 0 Å². The highest BCUT2D eigenvalue weighted by atomic mass is 32.1. The lowest BCUT2D eigenvalue weighted by molar-refractivity contribution is 0.287. The maximum atomic E-state index is 10.5. The lowest BCUT2D eigenvalue weighted by Crippen LogP contribution is -2.33. The van der Waals surface area contributed by atoms with E-state index in [9.17, 15) is 5.11 Å². The SMILES string of the molecule is Cc1cc([C@H]2[C@@H](c3ccccn3)NC(=S)N2CC(C)C)c(C)n1-c1ccccc1O. The monoisotopic (exact) mass is 420 g/mol. The van der Waals surface area contributed by atoms with Crippen molar-refractivity contribution in [2.75, 3.05) is 6.54 Å². The molecule has 0 amide bonds. The molecule has 2 N–H and O–H groups in total. The Balaban J connectivity index is 1.85. The Kier molecular flexibility index (Phi) is 5.52. The number of benzene rings is 1. The van der Waals surface area contributed by atoms with Crippen LogP contribution in [0, 0.1) is 19.8 Å². The summed E-state index contributed by atoms with van der Waals surface area (Å²) in [6.45, 7) is 9.46. The van der Waals surface area contributed by atoms with Gasteiger partial charge in [-0.1, -0.05) is 32.0 Å². The zero-order chi connectivity index (χ0) is 21.4. The second-order valence-electron chi connectivity index (χ2n) is 8.32. The molecule has 1 aromatic carbocycles. The van der Waals surface area contributed by atoms with E-state index in [1.165, 1.54) is 5.56 Å². The van der Waals surface area contributed by atoms with Crippen LogP contribution >= 0.6 is 12.2 Å². The Morgan fingerprint density at radius 3 is 2.53 bits per heavy atom. The molecule has 0 spiro atoms. The van der Waals surface area contributed by atoms with E-state index in [1.54, 1.807) is 6.07 Å². The molecule has 3 heterocycles. The van der Waals surface area contributed by atoms with E-state index >= 15 is 0 Å². The first-order valence-corrected chi connectivity index (χ1v) is 10.7. The standard InChI is InChI=1S/C24H28N4OS/c1-15(2)14-27-23(22(26-24(27)30)19-9-7-8-12-25-19)18-13-16(3)28(17(18)4)20-10-5-6-11-21(20)29/h5-13,15,22-23,29H,14H2,1-4H3,(H,26,30)/t22-,23+/m1/s1. The molecule has 0 bridgehead atoms. The zero-order valence-corrected chi connectivity index (χ0v) is 18.6. The molecule has 1 aliphatic rings. The molecule has 3 aromatic rings. The summed E-state index contributed by atoms with van der Waals surface area (Å²) in [5.41, 5.74) is 5.13. The van der Waals surface area contributed by atoms with Gasteiger partial charge in [0.2, 0.25) is 0 Å². The number of nitrogens with one attached hydrogen (secondary N) is 1. The molecule has 0 aliphatic carbocycles. The van der Waals surface area contributed by atoms with E-state index in [-0.39, 0.29) is 17.8 Å². The van der Waals surface area contributed by atoms with Gasteiger partial charge in [0.15, 0.2) is 5.11 Å². The van der Waals surface area contributed by atoms with E-state index in [4.69, 9.17) is 12.2 Å². The summed E-state index contributed by atoms with van der Waals surface area (Å²) >= 11 is 5.75. The van der Waals surface area contributed by atoms with Crippen molar-refractivity contribution < 1.29 is 5.11 Å². The Bertz CT molecular complexity index is 1060. The van der Waals surface area contributed by atoms with E-state index in [0.717, 1.165) is 34.4 Å². The van der Waals surface area contributed by atoms with Crippen molar-refractivity contribution in [2.24, 2.45) is 5.92 Å². The predicted molar refractivity (Wildman–Crippen MR) is 124 cm³/mol. The van der Waals surface area contributed by atoms with Crippen LogP contribution in [-0.4, -0.2) is 31.2 Å². The van der Waals surface area contributed by atoms with E-state index in [0.29, 0.717) is 5.92 Å². The van der Waals surface area contributed by atoms with Crippen molar-refractivity contribution in [3.63, 3.8) is 0 Å². The average molecular weight is 421 g/mol. The van der Waals surface area contributed by atoms with Crippen molar-refractivity contribution in [1.82, 2.24) is 19.8 Å². The lowest BCUT2D eigenvalue weighted by Gasteiger charge is -2.29. The topological polar surface area (TPSA) is 53.3 Å². The van der Waals surface area contributed by atoms with Crippen LogP contribution in [0.5, 0.6) is 5.75 Å². The summed E-state index contributed by atoms with van der Waals surface area (Å²) in [6.07, 6.45) is 1.83. The summed E-state index contributed by atoms with van der Waals surface area (Å²) < 4.78 is 2.12. The van der Waals surface area contributed by atoms with Gasteiger partial charge in [-0.2, -0.15) is 0 Å². The van der Waals surface area contributed by atoms with Gasteiger partial charge in [-0.25, -0.2) is 0 Å². The number of aromatic hydroxyl groups is 1. The van der Waals surface area contributed by atoms with Crippen LogP contribution in [0.25, 0.3) is 5.69 Å². The van der Waals surface area contributed by atoms with Crippen LogP contribution < -0.4 is 5.32 Å². The number of thiocarbonyl (C=S) groups is 1. The maximum absolute atomic E-state index is 10.5. The third kappa shape index (κ3) is 3.56. The van der Waals surface area contributed by atoms with Crippen molar-refractivity contribution in [1.29, 1.82) is 0 Å². The molecule has 156 valence electrons. The number of phenols is 1. The number of phenolic OH excluding ortho intramolecular Hbond substituents is 1. The van der Waals surface area contributed by atoms with Crippen molar-refractivity contribution >= 4 is 17.3 Å². The third-order valence-corrected chi connectivity index (χ3v) is 6.02. The summed E-state index contributed by atoms with van der Waals surface area (Å²) in [5.74, 6) is 0.739. The molecular formula is C24H28N4OS.